The van der Waals surface area contributed by atoms with Gasteiger partial charge in [-0.25, -0.2) is 0 Å². The second-order valence-corrected chi connectivity index (χ2v) is 19.4. The molecule has 13 rings (SSSR count). The Labute approximate surface area is 396 Å². The van der Waals surface area contributed by atoms with E-state index < -0.39 is 0 Å². The fourth-order valence-corrected chi connectivity index (χ4v) is 12.1. The van der Waals surface area contributed by atoms with Crippen LogP contribution in [0.15, 0.2) is 206 Å². The lowest BCUT2D eigenvalue weighted by Gasteiger charge is -2.45. The summed E-state index contributed by atoms with van der Waals surface area (Å²) in [6, 6.07) is 78.3. The summed E-state index contributed by atoms with van der Waals surface area (Å²) in [5, 5.41) is 0. The van der Waals surface area contributed by atoms with Crippen LogP contribution in [0.3, 0.4) is 0 Å². The largest absolute Gasteiger partial charge is 0.311 e. The number of nitrogens with zero attached hydrogens (tertiary/aromatic N) is 2. The van der Waals surface area contributed by atoms with Crippen molar-refractivity contribution in [2.45, 2.75) is 63.7 Å². The van der Waals surface area contributed by atoms with Crippen molar-refractivity contribution >= 4 is 57.2 Å². The molecule has 9 aromatic rings. The third kappa shape index (κ3) is 7.11. The first kappa shape index (κ1) is 40.0. The minimum atomic E-state index is 0.0770. The molecule has 4 aliphatic rings. The van der Waals surface area contributed by atoms with Crippen LogP contribution in [-0.4, -0.2) is 6.71 Å². The fourth-order valence-electron chi connectivity index (χ4n) is 12.1. The van der Waals surface area contributed by atoms with Gasteiger partial charge in [-0.2, -0.15) is 0 Å². The van der Waals surface area contributed by atoms with E-state index in [1.54, 1.807) is 0 Å². The normalized spacial score (nSPS) is 15.1. The predicted molar refractivity (Wildman–Crippen MR) is 285 cm³/mol. The average molecular weight is 861 g/mol. The SMILES string of the molecule is c1ccc(-c2cc(-c3ccccc3)cc(N3c4cc(C5CCCCC5)ccc4B4c5cc6c(cc5N(c5cc(-c7ccccc7)cc(-c7ccccc7)c5)c5cccc3c54)CCCC6)c2)cc1. The van der Waals surface area contributed by atoms with Gasteiger partial charge in [0, 0.05) is 34.1 Å². The molecule has 0 spiro atoms. The zero-order chi connectivity index (χ0) is 44.3. The molecule has 322 valence electrons. The molecular weight excluding hydrogens is 808 g/mol. The van der Waals surface area contributed by atoms with Gasteiger partial charge in [0.25, 0.3) is 6.71 Å². The summed E-state index contributed by atoms with van der Waals surface area (Å²) >= 11 is 0. The van der Waals surface area contributed by atoms with Crippen LogP contribution in [-0.2, 0) is 12.8 Å². The molecule has 0 N–H and O–H groups in total. The molecule has 2 nitrogen and oxygen atoms in total. The molecule has 67 heavy (non-hydrogen) atoms. The molecule has 1 fully saturated rings. The number of anilines is 6. The van der Waals surface area contributed by atoms with Gasteiger partial charge in [-0.15, -0.1) is 0 Å². The number of aryl methyl sites for hydroxylation is 2. The van der Waals surface area contributed by atoms with E-state index in [-0.39, 0.29) is 6.71 Å². The molecule has 2 aliphatic carbocycles. The Hall–Kier alpha value is -7.36. The molecule has 2 heterocycles. The summed E-state index contributed by atoms with van der Waals surface area (Å²) in [5.74, 6) is 0.584. The molecule has 0 bridgehead atoms. The van der Waals surface area contributed by atoms with Gasteiger partial charge in [0.1, 0.15) is 0 Å². The molecule has 1 saturated carbocycles. The lowest BCUT2D eigenvalue weighted by Crippen LogP contribution is -2.61. The van der Waals surface area contributed by atoms with E-state index in [1.807, 2.05) is 0 Å². The minimum Gasteiger partial charge on any atom is -0.311 e. The van der Waals surface area contributed by atoms with Gasteiger partial charge in [0.2, 0.25) is 0 Å². The van der Waals surface area contributed by atoms with Crippen LogP contribution in [0, 0.1) is 0 Å². The Kier molecular flexibility index (Phi) is 10.0. The summed E-state index contributed by atoms with van der Waals surface area (Å²) in [4.78, 5) is 5.28. The summed E-state index contributed by atoms with van der Waals surface area (Å²) in [6.45, 7) is 0.0770. The van der Waals surface area contributed by atoms with Crippen LogP contribution in [0.4, 0.5) is 34.1 Å². The van der Waals surface area contributed by atoms with Crippen LogP contribution in [0.5, 0.6) is 0 Å². The smallest absolute Gasteiger partial charge is 0.252 e. The van der Waals surface area contributed by atoms with E-state index in [0.29, 0.717) is 5.92 Å². The second kappa shape index (κ2) is 16.8. The van der Waals surface area contributed by atoms with E-state index in [0.717, 1.165) is 12.8 Å². The highest BCUT2D eigenvalue weighted by Gasteiger charge is 2.44. The maximum Gasteiger partial charge on any atom is 0.252 e. The van der Waals surface area contributed by atoms with Gasteiger partial charge in [0.15, 0.2) is 0 Å². The second-order valence-electron chi connectivity index (χ2n) is 19.4. The van der Waals surface area contributed by atoms with Crippen LogP contribution in [0.1, 0.15) is 67.6 Å². The monoisotopic (exact) mass is 860 g/mol. The third-order valence-corrected chi connectivity index (χ3v) is 15.3. The van der Waals surface area contributed by atoms with Crippen LogP contribution < -0.4 is 26.2 Å². The molecule has 0 aromatic heterocycles. The third-order valence-electron chi connectivity index (χ3n) is 15.3. The first-order valence-electron chi connectivity index (χ1n) is 24.8. The highest BCUT2D eigenvalue weighted by molar-refractivity contribution is 7.00. The Morgan fingerprint density at radius 2 is 0.776 bits per heavy atom. The Balaban J connectivity index is 1.09. The van der Waals surface area contributed by atoms with Crippen LogP contribution >= 0.6 is 0 Å². The van der Waals surface area contributed by atoms with Crippen molar-refractivity contribution in [2.24, 2.45) is 0 Å². The lowest BCUT2D eigenvalue weighted by molar-refractivity contribution is 0.444. The van der Waals surface area contributed by atoms with Gasteiger partial charge < -0.3 is 9.80 Å². The summed E-state index contributed by atoms with van der Waals surface area (Å²) < 4.78 is 0. The topological polar surface area (TPSA) is 6.48 Å². The zero-order valence-corrected chi connectivity index (χ0v) is 38.0. The van der Waals surface area contributed by atoms with Crippen LogP contribution in [0.2, 0.25) is 0 Å². The molecule has 9 aromatic carbocycles. The van der Waals surface area contributed by atoms with Crippen molar-refractivity contribution in [3.05, 3.63) is 223 Å². The lowest BCUT2D eigenvalue weighted by atomic mass is 9.33. The summed E-state index contributed by atoms with van der Waals surface area (Å²) in [7, 11) is 0. The minimum absolute atomic E-state index is 0.0770. The van der Waals surface area contributed by atoms with Gasteiger partial charge in [-0.3, -0.25) is 0 Å². The number of hydrogen-bond donors (Lipinski definition) is 0. The van der Waals surface area contributed by atoms with Crippen molar-refractivity contribution in [1.82, 2.24) is 0 Å². The first-order chi connectivity index (χ1) is 33.2. The molecule has 2 aliphatic heterocycles. The van der Waals surface area contributed by atoms with Gasteiger partial charge in [-0.1, -0.05) is 165 Å². The number of hydrogen-bond acceptors (Lipinski definition) is 2. The quantitative estimate of drug-likeness (QED) is 0.147. The molecule has 0 amide bonds. The van der Waals surface area contributed by atoms with Gasteiger partial charge >= 0.3 is 0 Å². The predicted octanol–water partition coefficient (Wildman–Crippen LogP) is 15.4. The molecule has 0 saturated heterocycles. The maximum atomic E-state index is 2.65. The van der Waals surface area contributed by atoms with Crippen molar-refractivity contribution in [3.8, 4) is 44.5 Å². The molecule has 0 unspecified atom stereocenters. The standard InChI is InChI=1S/C64H53BN2/c1-6-19-44(20-7-1)51-33-34-58-62(43-51)66(56-37-52(45-21-8-2-9-22-45)35-53(38-56)46-23-10-3-11-24-46)60-31-18-32-61-64(60)65(58)59-41-49-29-16-17-30-50(49)42-63(59)67(61)57-39-54(47-25-12-4-13-26-47)36-55(40-57)48-27-14-5-15-28-48/h2-5,8-15,18,21-28,31-44H,1,6-7,16-17,19-20,29-30H2. The summed E-state index contributed by atoms with van der Waals surface area (Å²) in [6.07, 6.45) is 11.3. The molecular formula is C64H53BN2. The summed E-state index contributed by atoms with van der Waals surface area (Å²) in [5.41, 5.74) is 26.0. The molecule has 3 heteroatoms. The van der Waals surface area contributed by atoms with E-state index in [2.05, 4.69) is 216 Å². The zero-order valence-electron chi connectivity index (χ0n) is 38.0. The first-order valence-corrected chi connectivity index (χ1v) is 24.8. The fraction of sp³-hybridized carbons (Fsp3) is 0.156. The van der Waals surface area contributed by atoms with E-state index >= 15 is 0 Å². The van der Waals surface area contributed by atoms with E-state index in [4.69, 9.17) is 0 Å². The van der Waals surface area contributed by atoms with Gasteiger partial charge in [-0.05, 0) is 183 Å². The highest BCUT2D eigenvalue weighted by Crippen LogP contribution is 2.48. The Morgan fingerprint density at radius 1 is 0.328 bits per heavy atom. The van der Waals surface area contributed by atoms with Crippen molar-refractivity contribution in [2.75, 3.05) is 9.80 Å². The number of benzene rings is 9. The van der Waals surface area contributed by atoms with E-state index in [9.17, 15) is 0 Å². The molecule has 0 radical (unpaired) electrons. The average Bonchev–Trinajstić information content (AvgIpc) is 3.41. The van der Waals surface area contributed by atoms with Crippen LogP contribution in [0.25, 0.3) is 44.5 Å². The van der Waals surface area contributed by atoms with Crippen molar-refractivity contribution < 1.29 is 0 Å². The highest BCUT2D eigenvalue weighted by atomic mass is 15.2. The van der Waals surface area contributed by atoms with Crippen molar-refractivity contribution in [1.29, 1.82) is 0 Å². The van der Waals surface area contributed by atoms with E-state index in [1.165, 1.54) is 157 Å². The Morgan fingerprint density at radius 3 is 1.25 bits per heavy atom. The Bertz CT molecular complexity index is 3170. The number of fused-ring (bicyclic) bond motifs is 5. The molecule has 0 atom stereocenters. The number of rotatable bonds is 7. The van der Waals surface area contributed by atoms with Crippen molar-refractivity contribution in [3.63, 3.8) is 0 Å². The maximum absolute atomic E-state index is 2.65. The van der Waals surface area contributed by atoms with Gasteiger partial charge in [0.05, 0.1) is 0 Å².